The monoisotopic (exact) mass is 362 g/mol. The van der Waals surface area contributed by atoms with Gasteiger partial charge in [0.2, 0.25) is 11.8 Å². The number of carbonyl (C=O) groups is 3. The minimum Gasteiger partial charge on any atom is -0.465 e. The molecule has 0 aromatic carbocycles. The highest BCUT2D eigenvalue weighted by molar-refractivity contribution is 7.80. The van der Waals surface area contributed by atoms with Crippen LogP contribution in [0.15, 0.2) is 0 Å². The first kappa shape index (κ1) is 22.7. The fraction of sp³-hybridized carbons (Fsp3) is 0.812. The van der Waals surface area contributed by atoms with Crippen molar-refractivity contribution < 1.29 is 24.2 Å². The van der Waals surface area contributed by atoms with Crippen LogP contribution in [0.4, 0.5) is 0 Å². The molecule has 0 aliphatic carbocycles. The number of rotatable bonds is 11. The Hall–Kier alpha value is -1.28. The molecular formula is C16H30N2O5S. The van der Waals surface area contributed by atoms with E-state index in [9.17, 15) is 19.5 Å². The van der Waals surface area contributed by atoms with Gasteiger partial charge in [0, 0.05) is 30.7 Å². The minimum atomic E-state index is -1.34. The lowest BCUT2D eigenvalue weighted by Gasteiger charge is -2.29. The summed E-state index contributed by atoms with van der Waals surface area (Å²) in [5.41, 5.74) is -0.929. The second-order valence-electron chi connectivity index (χ2n) is 6.42. The summed E-state index contributed by atoms with van der Waals surface area (Å²) in [5.74, 6) is -0.816. The Labute approximate surface area is 149 Å². The number of ether oxygens (including phenoxy) is 1. The van der Waals surface area contributed by atoms with Crippen molar-refractivity contribution in [1.29, 1.82) is 0 Å². The first-order valence-corrected chi connectivity index (χ1v) is 8.78. The fourth-order valence-electron chi connectivity index (χ4n) is 1.68. The van der Waals surface area contributed by atoms with Crippen molar-refractivity contribution in [1.82, 2.24) is 10.6 Å². The second-order valence-corrected chi connectivity index (χ2v) is 6.87. The molecule has 7 nitrogen and oxygen atoms in total. The molecule has 3 N–H and O–H groups in total. The quantitative estimate of drug-likeness (QED) is 0.317. The minimum absolute atomic E-state index is 0.0623. The Kier molecular flexibility index (Phi) is 10.7. The van der Waals surface area contributed by atoms with Crippen LogP contribution in [0.5, 0.6) is 0 Å². The van der Waals surface area contributed by atoms with Crippen LogP contribution in [0.3, 0.4) is 0 Å². The van der Waals surface area contributed by atoms with Crippen LogP contribution in [0.25, 0.3) is 0 Å². The number of aliphatic hydroxyl groups excluding tert-OH is 1. The molecule has 2 amide bonds. The van der Waals surface area contributed by atoms with E-state index in [0.717, 1.165) is 0 Å². The lowest BCUT2D eigenvalue weighted by atomic mass is 9.87. The highest BCUT2D eigenvalue weighted by Crippen LogP contribution is 2.22. The van der Waals surface area contributed by atoms with Gasteiger partial charge in [-0.25, -0.2) is 0 Å². The van der Waals surface area contributed by atoms with Crippen LogP contribution >= 0.6 is 12.6 Å². The zero-order valence-corrected chi connectivity index (χ0v) is 15.8. The number of hydrogen-bond donors (Lipinski definition) is 4. The Balaban J connectivity index is 4.28. The zero-order valence-electron chi connectivity index (χ0n) is 14.9. The molecule has 0 spiro atoms. The van der Waals surface area contributed by atoms with Crippen LogP contribution in [0.2, 0.25) is 0 Å². The third-order valence-corrected chi connectivity index (χ3v) is 3.90. The maximum atomic E-state index is 12.0. The number of aliphatic hydroxyl groups is 1. The molecule has 2 atom stereocenters. The number of carbonyl (C=O) groups excluding carboxylic acids is 3. The van der Waals surface area contributed by atoms with Crippen LogP contribution in [-0.2, 0) is 19.1 Å². The van der Waals surface area contributed by atoms with Gasteiger partial charge in [-0.05, 0) is 6.42 Å². The van der Waals surface area contributed by atoms with E-state index in [1.807, 2.05) is 6.92 Å². The Morgan fingerprint density at radius 2 is 1.83 bits per heavy atom. The fourth-order valence-corrected chi connectivity index (χ4v) is 1.79. The van der Waals surface area contributed by atoms with Crippen LogP contribution < -0.4 is 10.6 Å². The molecule has 0 aromatic heterocycles. The van der Waals surface area contributed by atoms with E-state index in [4.69, 9.17) is 4.74 Å². The predicted octanol–water partition coefficient (Wildman–Crippen LogP) is 0.515. The van der Waals surface area contributed by atoms with Crippen LogP contribution in [-0.4, -0.2) is 54.4 Å². The summed E-state index contributed by atoms with van der Waals surface area (Å²) in [6.45, 7) is 7.45. The maximum Gasteiger partial charge on any atom is 0.308 e. The van der Waals surface area contributed by atoms with Gasteiger partial charge >= 0.3 is 5.97 Å². The van der Waals surface area contributed by atoms with E-state index >= 15 is 0 Å². The summed E-state index contributed by atoms with van der Waals surface area (Å²) in [4.78, 5) is 35.1. The second kappa shape index (κ2) is 11.3. The average Bonchev–Trinajstić information content (AvgIpc) is 2.56. The highest BCUT2D eigenvalue weighted by atomic mass is 32.1. The summed E-state index contributed by atoms with van der Waals surface area (Å²) in [6, 6.07) is 0. The Morgan fingerprint density at radius 3 is 2.38 bits per heavy atom. The molecular weight excluding hydrogens is 332 g/mol. The first-order valence-electron chi connectivity index (χ1n) is 8.15. The number of thiol groups is 1. The van der Waals surface area contributed by atoms with Gasteiger partial charge in [-0.15, -0.1) is 0 Å². The summed E-state index contributed by atoms with van der Waals surface area (Å²) in [6.07, 6.45) is -0.560. The van der Waals surface area contributed by atoms with E-state index in [-0.39, 0.29) is 37.4 Å². The van der Waals surface area contributed by atoms with Crippen LogP contribution in [0, 0.1) is 11.3 Å². The van der Waals surface area contributed by atoms with Crippen molar-refractivity contribution in [2.45, 2.75) is 46.6 Å². The largest absolute Gasteiger partial charge is 0.465 e. The van der Waals surface area contributed by atoms with E-state index in [2.05, 4.69) is 23.3 Å². The first-order chi connectivity index (χ1) is 11.2. The SMILES string of the molecule is CCC(C)C(=O)OCC(C)(C)C(O)C(=O)NCCC(=O)NCCS. The molecule has 140 valence electrons. The molecule has 0 aliphatic heterocycles. The van der Waals surface area contributed by atoms with Crippen molar-refractivity contribution in [3.05, 3.63) is 0 Å². The molecule has 0 fully saturated rings. The van der Waals surface area contributed by atoms with Gasteiger partial charge in [0.1, 0.15) is 6.10 Å². The van der Waals surface area contributed by atoms with Crippen molar-refractivity contribution in [3.8, 4) is 0 Å². The van der Waals surface area contributed by atoms with Gasteiger partial charge in [0.15, 0.2) is 0 Å². The molecule has 0 aliphatic rings. The average molecular weight is 362 g/mol. The molecule has 0 saturated heterocycles. The van der Waals surface area contributed by atoms with Crippen molar-refractivity contribution in [2.24, 2.45) is 11.3 Å². The van der Waals surface area contributed by atoms with Gasteiger partial charge < -0.3 is 20.5 Å². The molecule has 0 heterocycles. The molecule has 8 heteroatoms. The lowest BCUT2D eigenvalue weighted by molar-refractivity contribution is -0.156. The summed E-state index contributed by atoms with van der Waals surface area (Å²) in [7, 11) is 0. The highest BCUT2D eigenvalue weighted by Gasteiger charge is 2.35. The third kappa shape index (κ3) is 8.54. The van der Waals surface area contributed by atoms with Gasteiger partial charge in [-0.2, -0.15) is 12.6 Å². The predicted molar refractivity (Wildman–Crippen MR) is 94.7 cm³/mol. The number of nitrogens with one attached hydrogen (secondary N) is 2. The number of amides is 2. The molecule has 0 bridgehead atoms. The molecule has 0 rings (SSSR count). The van der Waals surface area contributed by atoms with E-state index in [0.29, 0.717) is 18.7 Å². The summed E-state index contributed by atoms with van der Waals surface area (Å²) in [5, 5.41) is 15.3. The standard InChI is InChI=1S/C16H30N2O5S/c1-5-11(2)15(22)23-10-16(3,4)13(20)14(21)18-7-6-12(19)17-8-9-24/h11,13,20,24H,5-10H2,1-4H3,(H,17,19)(H,18,21). The van der Waals surface area contributed by atoms with Gasteiger partial charge in [-0.1, -0.05) is 27.7 Å². The summed E-state index contributed by atoms with van der Waals surface area (Å²) >= 11 is 3.98. The Morgan fingerprint density at radius 1 is 1.21 bits per heavy atom. The smallest absolute Gasteiger partial charge is 0.308 e. The molecule has 2 unspecified atom stereocenters. The normalized spacial score (nSPS) is 13.8. The Bertz CT molecular complexity index is 429. The van der Waals surface area contributed by atoms with E-state index < -0.39 is 17.4 Å². The van der Waals surface area contributed by atoms with Gasteiger partial charge in [-0.3, -0.25) is 14.4 Å². The molecule has 0 radical (unpaired) electrons. The number of esters is 1. The van der Waals surface area contributed by atoms with Crippen molar-refractivity contribution >= 4 is 30.4 Å². The molecule has 24 heavy (non-hydrogen) atoms. The molecule has 0 aromatic rings. The zero-order chi connectivity index (χ0) is 18.8. The number of hydrogen-bond acceptors (Lipinski definition) is 6. The van der Waals surface area contributed by atoms with E-state index in [1.165, 1.54) is 0 Å². The topological polar surface area (TPSA) is 105 Å². The van der Waals surface area contributed by atoms with Gasteiger partial charge in [0.25, 0.3) is 0 Å². The van der Waals surface area contributed by atoms with Crippen molar-refractivity contribution in [3.63, 3.8) is 0 Å². The van der Waals surface area contributed by atoms with Crippen LogP contribution in [0.1, 0.15) is 40.5 Å². The van der Waals surface area contributed by atoms with Crippen molar-refractivity contribution in [2.75, 3.05) is 25.4 Å². The van der Waals surface area contributed by atoms with Gasteiger partial charge in [0.05, 0.1) is 12.5 Å². The van der Waals surface area contributed by atoms with E-state index in [1.54, 1.807) is 20.8 Å². The third-order valence-electron chi connectivity index (χ3n) is 3.68. The molecule has 0 saturated carbocycles. The maximum absolute atomic E-state index is 12.0. The summed E-state index contributed by atoms with van der Waals surface area (Å²) < 4.78 is 5.17. The lowest BCUT2D eigenvalue weighted by Crippen LogP contribution is -2.47.